The average Bonchev–Trinajstić information content (AvgIpc) is 2.80. The van der Waals surface area contributed by atoms with Crippen LogP contribution in [0.4, 0.5) is 0 Å². The summed E-state index contributed by atoms with van der Waals surface area (Å²) in [5.74, 6) is 0.744. The second-order valence-corrected chi connectivity index (χ2v) is 4.82. The van der Waals surface area contributed by atoms with Crippen molar-refractivity contribution < 1.29 is 4.74 Å². The Bertz CT molecular complexity index is 267. The quantitative estimate of drug-likeness (QED) is 0.851. The van der Waals surface area contributed by atoms with Gasteiger partial charge in [0.2, 0.25) is 0 Å². The molecular formula is C12H19NOS. The van der Waals surface area contributed by atoms with Crippen molar-refractivity contribution in [3.63, 3.8) is 0 Å². The molecule has 0 bridgehead atoms. The highest BCUT2D eigenvalue weighted by Crippen LogP contribution is 2.30. The Labute approximate surface area is 95.6 Å². The lowest BCUT2D eigenvalue weighted by Gasteiger charge is -2.30. The van der Waals surface area contributed by atoms with Crippen LogP contribution in [0.3, 0.4) is 0 Å². The first-order valence-electron chi connectivity index (χ1n) is 5.75. The van der Waals surface area contributed by atoms with Gasteiger partial charge in [0, 0.05) is 19.3 Å². The Balaban J connectivity index is 2.04. The van der Waals surface area contributed by atoms with Crippen molar-refractivity contribution >= 4 is 11.3 Å². The van der Waals surface area contributed by atoms with E-state index in [4.69, 9.17) is 4.74 Å². The largest absolute Gasteiger partial charge is 0.381 e. The maximum Gasteiger partial charge on any atom is 0.0469 e. The molecule has 0 amide bonds. The Kier molecular flexibility index (Phi) is 4.18. The fourth-order valence-electron chi connectivity index (χ4n) is 2.28. The van der Waals surface area contributed by atoms with Gasteiger partial charge in [0.1, 0.15) is 0 Å². The molecule has 1 saturated heterocycles. The lowest BCUT2D eigenvalue weighted by atomic mass is 9.88. The van der Waals surface area contributed by atoms with Gasteiger partial charge in [-0.3, -0.25) is 0 Å². The molecule has 1 unspecified atom stereocenters. The average molecular weight is 225 g/mol. The molecule has 0 saturated carbocycles. The minimum absolute atomic E-state index is 0.533. The summed E-state index contributed by atoms with van der Waals surface area (Å²) in [4.78, 5) is 0. The highest BCUT2D eigenvalue weighted by atomic mass is 32.1. The van der Waals surface area contributed by atoms with Gasteiger partial charge in [-0.1, -0.05) is 6.92 Å². The van der Waals surface area contributed by atoms with E-state index >= 15 is 0 Å². The zero-order valence-electron chi connectivity index (χ0n) is 9.24. The van der Waals surface area contributed by atoms with Crippen molar-refractivity contribution in [2.45, 2.75) is 25.8 Å². The molecule has 2 nitrogen and oxygen atoms in total. The van der Waals surface area contributed by atoms with Gasteiger partial charge in [-0.25, -0.2) is 0 Å². The Morgan fingerprint density at radius 1 is 1.53 bits per heavy atom. The van der Waals surface area contributed by atoms with E-state index < -0.39 is 0 Å². The minimum atomic E-state index is 0.533. The topological polar surface area (TPSA) is 21.3 Å². The van der Waals surface area contributed by atoms with Crippen LogP contribution < -0.4 is 5.32 Å². The predicted molar refractivity (Wildman–Crippen MR) is 64.3 cm³/mol. The van der Waals surface area contributed by atoms with Gasteiger partial charge in [0.15, 0.2) is 0 Å². The second kappa shape index (κ2) is 5.64. The molecule has 2 heterocycles. The first-order valence-corrected chi connectivity index (χ1v) is 6.69. The number of thiophene rings is 1. The van der Waals surface area contributed by atoms with Crippen molar-refractivity contribution in [3.8, 4) is 0 Å². The first-order chi connectivity index (χ1) is 7.42. The van der Waals surface area contributed by atoms with Crippen molar-refractivity contribution in [1.82, 2.24) is 5.32 Å². The molecule has 0 aromatic carbocycles. The third-order valence-corrected chi connectivity index (χ3v) is 3.77. The highest BCUT2D eigenvalue weighted by molar-refractivity contribution is 7.07. The molecule has 0 radical (unpaired) electrons. The predicted octanol–water partition coefficient (Wildman–Crippen LogP) is 2.83. The van der Waals surface area contributed by atoms with Crippen LogP contribution in [-0.4, -0.2) is 19.8 Å². The number of nitrogens with one attached hydrogen (secondary N) is 1. The summed E-state index contributed by atoms with van der Waals surface area (Å²) < 4.78 is 5.42. The third-order valence-electron chi connectivity index (χ3n) is 3.06. The molecule has 1 atom stereocenters. The smallest absolute Gasteiger partial charge is 0.0469 e. The lowest BCUT2D eigenvalue weighted by Crippen LogP contribution is -2.31. The molecule has 3 heteroatoms. The van der Waals surface area contributed by atoms with Gasteiger partial charge < -0.3 is 10.1 Å². The van der Waals surface area contributed by atoms with Crippen LogP contribution in [0, 0.1) is 5.92 Å². The molecule has 0 aliphatic carbocycles. The van der Waals surface area contributed by atoms with Crippen LogP contribution >= 0.6 is 11.3 Å². The summed E-state index contributed by atoms with van der Waals surface area (Å²) in [5.41, 5.74) is 1.45. The molecule has 1 aliphatic heterocycles. The first kappa shape index (κ1) is 11.1. The van der Waals surface area contributed by atoms with E-state index in [0.717, 1.165) is 25.7 Å². The van der Waals surface area contributed by atoms with Crippen molar-refractivity contribution in [1.29, 1.82) is 0 Å². The van der Waals surface area contributed by atoms with Crippen LogP contribution in [0.2, 0.25) is 0 Å². The molecule has 0 spiro atoms. The number of rotatable bonds is 4. The Morgan fingerprint density at radius 3 is 2.93 bits per heavy atom. The molecule has 15 heavy (non-hydrogen) atoms. The standard InChI is InChI=1S/C12H19NOS/c1-2-13-12(11-5-8-15-9-11)10-3-6-14-7-4-10/h5,8-10,12-13H,2-4,6-7H2,1H3. The van der Waals surface area contributed by atoms with E-state index in [0.29, 0.717) is 6.04 Å². The number of hydrogen-bond acceptors (Lipinski definition) is 3. The Morgan fingerprint density at radius 2 is 2.33 bits per heavy atom. The van der Waals surface area contributed by atoms with Crippen LogP contribution in [-0.2, 0) is 4.74 Å². The van der Waals surface area contributed by atoms with Gasteiger partial charge >= 0.3 is 0 Å². The summed E-state index contributed by atoms with van der Waals surface area (Å²) in [6, 6.07) is 2.78. The van der Waals surface area contributed by atoms with E-state index in [1.54, 1.807) is 11.3 Å². The van der Waals surface area contributed by atoms with Crippen LogP contribution in [0.5, 0.6) is 0 Å². The van der Waals surface area contributed by atoms with Gasteiger partial charge in [-0.15, -0.1) is 0 Å². The minimum Gasteiger partial charge on any atom is -0.381 e. The van der Waals surface area contributed by atoms with Crippen LogP contribution in [0.25, 0.3) is 0 Å². The summed E-state index contributed by atoms with van der Waals surface area (Å²) >= 11 is 1.79. The van der Waals surface area contributed by atoms with Gasteiger partial charge in [-0.05, 0) is 47.7 Å². The van der Waals surface area contributed by atoms with Gasteiger partial charge in [-0.2, -0.15) is 11.3 Å². The lowest BCUT2D eigenvalue weighted by molar-refractivity contribution is 0.0539. The maximum absolute atomic E-state index is 5.42. The fourth-order valence-corrected chi connectivity index (χ4v) is 2.97. The molecule has 1 aromatic rings. The normalized spacial score (nSPS) is 20.3. The van der Waals surface area contributed by atoms with E-state index in [2.05, 4.69) is 29.1 Å². The molecular weight excluding hydrogens is 206 g/mol. The molecule has 84 valence electrons. The van der Waals surface area contributed by atoms with Crippen LogP contribution in [0.1, 0.15) is 31.4 Å². The second-order valence-electron chi connectivity index (χ2n) is 4.04. The molecule has 1 N–H and O–H groups in total. The molecule has 2 rings (SSSR count). The van der Waals surface area contributed by atoms with E-state index in [1.807, 2.05) is 0 Å². The zero-order valence-corrected chi connectivity index (χ0v) is 10.1. The zero-order chi connectivity index (χ0) is 10.5. The van der Waals surface area contributed by atoms with E-state index in [1.165, 1.54) is 18.4 Å². The Hall–Kier alpha value is -0.380. The van der Waals surface area contributed by atoms with Crippen molar-refractivity contribution in [3.05, 3.63) is 22.4 Å². The summed E-state index contributed by atoms with van der Waals surface area (Å²) in [5, 5.41) is 8.04. The third kappa shape index (κ3) is 2.80. The number of ether oxygens (including phenoxy) is 1. The molecule has 1 aliphatic rings. The fraction of sp³-hybridized carbons (Fsp3) is 0.667. The molecule has 1 fully saturated rings. The van der Waals surface area contributed by atoms with Crippen molar-refractivity contribution in [2.75, 3.05) is 19.8 Å². The van der Waals surface area contributed by atoms with E-state index in [-0.39, 0.29) is 0 Å². The SMILES string of the molecule is CCNC(c1ccsc1)C1CCOCC1. The van der Waals surface area contributed by atoms with Crippen molar-refractivity contribution in [2.24, 2.45) is 5.92 Å². The summed E-state index contributed by atoms with van der Waals surface area (Å²) in [7, 11) is 0. The summed E-state index contributed by atoms with van der Waals surface area (Å²) in [6.45, 7) is 5.07. The van der Waals surface area contributed by atoms with E-state index in [9.17, 15) is 0 Å². The van der Waals surface area contributed by atoms with Gasteiger partial charge in [0.05, 0.1) is 0 Å². The van der Waals surface area contributed by atoms with Crippen LogP contribution in [0.15, 0.2) is 16.8 Å². The summed E-state index contributed by atoms with van der Waals surface area (Å²) in [6.07, 6.45) is 2.38. The maximum atomic E-state index is 5.42. The highest BCUT2D eigenvalue weighted by Gasteiger charge is 2.24. The van der Waals surface area contributed by atoms with Gasteiger partial charge in [0.25, 0.3) is 0 Å². The monoisotopic (exact) mass is 225 g/mol. The number of hydrogen-bond donors (Lipinski definition) is 1. The molecule has 1 aromatic heterocycles.